The van der Waals surface area contributed by atoms with E-state index in [0.717, 1.165) is 66.6 Å². The number of aromatic nitrogens is 6. The highest BCUT2D eigenvalue weighted by Gasteiger charge is 2.17. The van der Waals surface area contributed by atoms with Gasteiger partial charge in [-0.3, -0.25) is 15.0 Å². The molecule has 3 aromatic carbocycles. The van der Waals surface area contributed by atoms with Gasteiger partial charge >= 0.3 is 0 Å². The van der Waals surface area contributed by atoms with Crippen LogP contribution in [0.25, 0.3) is 78.0 Å². The van der Waals surface area contributed by atoms with E-state index < -0.39 is 0 Å². The van der Waals surface area contributed by atoms with Gasteiger partial charge in [-0.1, -0.05) is 66.7 Å². The van der Waals surface area contributed by atoms with Crippen molar-refractivity contribution in [1.82, 2.24) is 29.9 Å². The molecule has 6 nitrogen and oxygen atoms in total. The summed E-state index contributed by atoms with van der Waals surface area (Å²) < 4.78 is 0. The van der Waals surface area contributed by atoms with Crippen LogP contribution in [0.4, 0.5) is 0 Å². The van der Waals surface area contributed by atoms with Gasteiger partial charge in [0, 0.05) is 40.5 Å². The molecule has 5 aromatic heterocycles. The Morgan fingerprint density at radius 1 is 0.381 bits per heavy atom. The minimum atomic E-state index is 0.695. The molecule has 0 atom stereocenters. The van der Waals surface area contributed by atoms with Crippen LogP contribution in [0.2, 0.25) is 0 Å². The number of pyridine rings is 4. The largest absolute Gasteiger partial charge is 0.255 e. The summed E-state index contributed by atoms with van der Waals surface area (Å²) in [7, 11) is 0. The Kier molecular flexibility index (Phi) is 5.67. The highest BCUT2D eigenvalue weighted by molar-refractivity contribution is 6.03. The van der Waals surface area contributed by atoms with E-state index in [2.05, 4.69) is 75.6 Å². The van der Waals surface area contributed by atoms with E-state index in [9.17, 15) is 0 Å². The molecule has 0 aliphatic rings. The summed E-state index contributed by atoms with van der Waals surface area (Å²) in [5.74, 6) is 0. The smallest absolute Gasteiger partial charge is 0.117 e. The average molecular weight is 539 g/mol. The van der Waals surface area contributed by atoms with Gasteiger partial charge in [-0.2, -0.15) is 0 Å². The maximum atomic E-state index is 5.19. The quantitative estimate of drug-likeness (QED) is 0.210. The molecule has 0 radical (unpaired) electrons. The third-order valence-corrected chi connectivity index (χ3v) is 7.41. The normalized spacial score (nSPS) is 11.3. The number of rotatable bonds is 4. The first kappa shape index (κ1) is 24.0. The summed E-state index contributed by atoms with van der Waals surface area (Å²) in [6.07, 6.45) is 5.36. The lowest BCUT2D eigenvalue weighted by molar-refractivity contribution is 1.21. The number of para-hydroxylation sites is 1. The molecule has 8 rings (SSSR count). The first-order valence-electron chi connectivity index (χ1n) is 13.7. The molecular formula is C36H22N6. The van der Waals surface area contributed by atoms with Crippen LogP contribution in [0.5, 0.6) is 0 Å². The Morgan fingerprint density at radius 3 is 1.86 bits per heavy atom. The number of nitrogens with zero attached hydrogens (tertiary/aromatic N) is 6. The van der Waals surface area contributed by atoms with Crippen molar-refractivity contribution in [2.45, 2.75) is 0 Å². The van der Waals surface area contributed by atoms with E-state index in [-0.39, 0.29) is 0 Å². The zero-order valence-corrected chi connectivity index (χ0v) is 22.4. The Labute approximate surface area is 241 Å². The van der Waals surface area contributed by atoms with Gasteiger partial charge in [0.2, 0.25) is 0 Å². The second-order valence-corrected chi connectivity index (χ2v) is 10.0. The van der Waals surface area contributed by atoms with Crippen molar-refractivity contribution < 1.29 is 0 Å². The van der Waals surface area contributed by atoms with Gasteiger partial charge in [0.05, 0.1) is 39.1 Å². The van der Waals surface area contributed by atoms with E-state index in [0.29, 0.717) is 11.4 Å². The van der Waals surface area contributed by atoms with Gasteiger partial charge in [0.15, 0.2) is 0 Å². The first-order valence-corrected chi connectivity index (χ1v) is 13.7. The SMILES string of the molecule is c1ccc(-c2nc3cccc(-c4cccc(-c5ccc6ccc7cccnc7c6n5)c4)c3nc2-c2ccccn2)nc1. The monoisotopic (exact) mass is 538 g/mol. The van der Waals surface area contributed by atoms with Crippen molar-refractivity contribution in [2.24, 2.45) is 0 Å². The third-order valence-electron chi connectivity index (χ3n) is 7.41. The number of hydrogen-bond acceptors (Lipinski definition) is 6. The van der Waals surface area contributed by atoms with Crippen molar-refractivity contribution in [3.63, 3.8) is 0 Å². The number of fused-ring (bicyclic) bond motifs is 4. The second-order valence-electron chi connectivity index (χ2n) is 10.0. The van der Waals surface area contributed by atoms with Gasteiger partial charge in [-0.15, -0.1) is 0 Å². The first-order chi connectivity index (χ1) is 20.8. The van der Waals surface area contributed by atoms with Gasteiger partial charge < -0.3 is 0 Å². The van der Waals surface area contributed by atoms with Crippen LogP contribution in [0, 0.1) is 0 Å². The maximum absolute atomic E-state index is 5.19. The lowest BCUT2D eigenvalue weighted by Crippen LogP contribution is -1.99. The van der Waals surface area contributed by atoms with E-state index >= 15 is 0 Å². The molecule has 0 bridgehead atoms. The number of hydrogen-bond donors (Lipinski definition) is 0. The predicted octanol–water partition coefficient (Wildman–Crippen LogP) is 8.18. The minimum absolute atomic E-state index is 0.695. The lowest BCUT2D eigenvalue weighted by atomic mass is 9.99. The molecule has 0 amide bonds. The maximum Gasteiger partial charge on any atom is 0.117 e. The lowest BCUT2D eigenvalue weighted by Gasteiger charge is -2.13. The molecule has 0 unspecified atom stereocenters. The molecule has 6 heteroatoms. The van der Waals surface area contributed by atoms with Crippen molar-refractivity contribution >= 4 is 32.8 Å². The summed E-state index contributed by atoms with van der Waals surface area (Å²) in [6, 6.07) is 38.5. The summed E-state index contributed by atoms with van der Waals surface area (Å²) in [5.41, 5.74) is 10.2. The summed E-state index contributed by atoms with van der Waals surface area (Å²) in [4.78, 5) is 29.1. The molecule has 5 heterocycles. The highest BCUT2D eigenvalue weighted by atomic mass is 14.9. The molecule has 0 N–H and O–H groups in total. The van der Waals surface area contributed by atoms with E-state index in [1.807, 2.05) is 60.8 Å². The molecule has 196 valence electrons. The van der Waals surface area contributed by atoms with Crippen molar-refractivity contribution in [3.05, 3.63) is 134 Å². The van der Waals surface area contributed by atoms with Crippen molar-refractivity contribution in [1.29, 1.82) is 0 Å². The van der Waals surface area contributed by atoms with E-state index in [1.54, 1.807) is 12.4 Å². The fraction of sp³-hybridized carbons (Fsp3) is 0. The van der Waals surface area contributed by atoms with Crippen molar-refractivity contribution in [3.8, 4) is 45.2 Å². The Morgan fingerprint density at radius 2 is 1.07 bits per heavy atom. The Hall–Kier alpha value is -5.88. The molecule has 0 saturated heterocycles. The van der Waals surface area contributed by atoms with Gasteiger partial charge in [0.1, 0.15) is 11.4 Å². The van der Waals surface area contributed by atoms with E-state index in [4.69, 9.17) is 15.0 Å². The van der Waals surface area contributed by atoms with Crippen molar-refractivity contribution in [2.75, 3.05) is 0 Å². The van der Waals surface area contributed by atoms with Crippen LogP contribution >= 0.6 is 0 Å². The summed E-state index contributed by atoms with van der Waals surface area (Å²) >= 11 is 0. The molecule has 0 spiro atoms. The molecule has 8 aromatic rings. The van der Waals surface area contributed by atoms with Crippen LogP contribution in [0.15, 0.2) is 134 Å². The van der Waals surface area contributed by atoms with Gasteiger partial charge in [-0.05, 0) is 54.1 Å². The second kappa shape index (κ2) is 9.94. The zero-order chi connectivity index (χ0) is 27.9. The molecule has 42 heavy (non-hydrogen) atoms. The molecule has 0 saturated carbocycles. The topological polar surface area (TPSA) is 77.3 Å². The van der Waals surface area contributed by atoms with Crippen LogP contribution < -0.4 is 0 Å². The zero-order valence-electron chi connectivity index (χ0n) is 22.4. The predicted molar refractivity (Wildman–Crippen MR) is 167 cm³/mol. The molecule has 0 fully saturated rings. The average Bonchev–Trinajstić information content (AvgIpc) is 3.08. The Bertz CT molecular complexity index is 2250. The van der Waals surface area contributed by atoms with Gasteiger partial charge in [0.25, 0.3) is 0 Å². The minimum Gasteiger partial charge on any atom is -0.255 e. The fourth-order valence-corrected chi connectivity index (χ4v) is 5.40. The summed E-state index contributed by atoms with van der Waals surface area (Å²) in [5, 5.41) is 2.14. The van der Waals surface area contributed by atoms with Gasteiger partial charge in [-0.25, -0.2) is 15.0 Å². The van der Waals surface area contributed by atoms with Crippen LogP contribution in [-0.4, -0.2) is 29.9 Å². The number of benzene rings is 3. The standard InChI is InChI=1S/C36H22N6/c1-3-19-37-29(12-1)35-36(30-13-2-4-20-38-30)42-34-27(11-6-14-31(34)41-35)25-8-5-9-26(22-25)28-18-17-24-16-15-23-10-7-21-39-32(23)33(24)40-28/h1-22H. The third kappa shape index (κ3) is 4.14. The van der Waals surface area contributed by atoms with Crippen LogP contribution in [-0.2, 0) is 0 Å². The molecule has 0 aliphatic carbocycles. The van der Waals surface area contributed by atoms with E-state index in [1.165, 1.54) is 0 Å². The highest BCUT2D eigenvalue weighted by Crippen LogP contribution is 2.35. The fourth-order valence-electron chi connectivity index (χ4n) is 5.40. The van der Waals surface area contributed by atoms with Crippen LogP contribution in [0.1, 0.15) is 0 Å². The Balaban J connectivity index is 1.30. The summed E-state index contributed by atoms with van der Waals surface area (Å²) in [6.45, 7) is 0. The van der Waals surface area contributed by atoms with Crippen LogP contribution in [0.3, 0.4) is 0 Å². The molecular weight excluding hydrogens is 516 g/mol. The molecule has 0 aliphatic heterocycles.